The van der Waals surface area contributed by atoms with Gasteiger partial charge in [0.15, 0.2) is 6.17 Å². The van der Waals surface area contributed by atoms with Crippen molar-refractivity contribution in [2.75, 3.05) is 0 Å². The molecule has 0 bridgehead atoms. The van der Waals surface area contributed by atoms with Crippen LogP contribution >= 0.6 is 11.3 Å². The number of nitrogens with one attached hydrogen (secondary N) is 1. The van der Waals surface area contributed by atoms with E-state index in [2.05, 4.69) is 34.3 Å². The van der Waals surface area contributed by atoms with Crippen molar-refractivity contribution in [1.29, 1.82) is 0 Å². The maximum atomic E-state index is 11.8. The lowest BCUT2D eigenvalue weighted by molar-refractivity contribution is -0.119. The van der Waals surface area contributed by atoms with Gasteiger partial charge in [0.05, 0.1) is 6.04 Å². The lowest BCUT2D eigenvalue weighted by Crippen LogP contribution is -2.43. The second-order valence-corrected chi connectivity index (χ2v) is 6.23. The van der Waals surface area contributed by atoms with Crippen LogP contribution in [-0.2, 0) is 4.79 Å². The van der Waals surface area contributed by atoms with Gasteiger partial charge in [0.1, 0.15) is 5.01 Å². The van der Waals surface area contributed by atoms with Crippen LogP contribution in [0, 0.1) is 6.92 Å². The highest BCUT2D eigenvalue weighted by molar-refractivity contribution is 7.09. The molecule has 3 rings (SSSR count). The zero-order valence-electron chi connectivity index (χ0n) is 12.7. The van der Waals surface area contributed by atoms with Gasteiger partial charge in [-0.15, -0.1) is 11.3 Å². The van der Waals surface area contributed by atoms with E-state index < -0.39 is 0 Å². The van der Waals surface area contributed by atoms with Crippen molar-refractivity contribution in [2.24, 2.45) is 0 Å². The molecule has 0 radical (unpaired) electrons. The minimum Gasteiger partial charge on any atom is -0.345 e. The van der Waals surface area contributed by atoms with E-state index in [0.717, 1.165) is 17.1 Å². The number of benzene rings is 1. The summed E-state index contributed by atoms with van der Waals surface area (Å²) in [6.07, 6.45) is 4.22. The molecule has 0 saturated heterocycles. The highest BCUT2D eigenvalue weighted by Gasteiger charge is 2.30. The van der Waals surface area contributed by atoms with Crippen LogP contribution in [0.4, 0.5) is 0 Å². The van der Waals surface area contributed by atoms with Crippen molar-refractivity contribution in [3.8, 4) is 0 Å². The van der Waals surface area contributed by atoms with Crippen molar-refractivity contribution in [1.82, 2.24) is 15.2 Å². The van der Waals surface area contributed by atoms with Crippen LogP contribution in [0.25, 0.3) is 0 Å². The molecule has 0 aliphatic carbocycles. The molecule has 114 valence electrons. The van der Waals surface area contributed by atoms with E-state index >= 15 is 0 Å². The molecule has 1 aromatic heterocycles. The molecule has 1 unspecified atom stereocenters. The molecule has 4 nitrogen and oxygen atoms in total. The number of carbonyl (C=O) groups is 1. The molecule has 2 heterocycles. The van der Waals surface area contributed by atoms with Gasteiger partial charge in [-0.1, -0.05) is 37.3 Å². The molecular weight excluding hydrogens is 294 g/mol. The monoisotopic (exact) mass is 313 g/mol. The van der Waals surface area contributed by atoms with Gasteiger partial charge < -0.3 is 10.2 Å². The van der Waals surface area contributed by atoms with Crippen LogP contribution in [0.3, 0.4) is 0 Å². The van der Waals surface area contributed by atoms with Gasteiger partial charge in [-0.25, -0.2) is 4.98 Å². The van der Waals surface area contributed by atoms with Gasteiger partial charge in [0.2, 0.25) is 5.91 Å². The number of aromatic nitrogens is 1. The highest BCUT2D eigenvalue weighted by atomic mass is 32.1. The first kappa shape index (κ1) is 14.8. The van der Waals surface area contributed by atoms with E-state index in [4.69, 9.17) is 0 Å². The second-order valence-electron chi connectivity index (χ2n) is 5.34. The summed E-state index contributed by atoms with van der Waals surface area (Å²) in [5.41, 5.74) is 2.22. The molecule has 0 fully saturated rings. The first-order valence-corrected chi connectivity index (χ1v) is 8.30. The van der Waals surface area contributed by atoms with Gasteiger partial charge >= 0.3 is 0 Å². The Morgan fingerprint density at radius 2 is 2.14 bits per heavy atom. The number of hydrogen-bond donors (Lipinski definition) is 1. The largest absolute Gasteiger partial charge is 0.345 e. The first-order chi connectivity index (χ1) is 10.7. The summed E-state index contributed by atoms with van der Waals surface area (Å²) < 4.78 is 0. The zero-order valence-corrected chi connectivity index (χ0v) is 13.5. The number of carbonyl (C=O) groups excluding carboxylic acids is 1. The van der Waals surface area contributed by atoms with Crippen molar-refractivity contribution in [3.63, 3.8) is 0 Å². The lowest BCUT2D eigenvalue weighted by atomic mass is 10.0. The van der Waals surface area contributed by atoms with Crippen LogP contribution in [0.15, 0.2) is 48.0 Å². The average molecular weight is 313 g/mol. The van der Waals surface area contributed by atoms with Crippen LogP contribution < -0.4 is 5.32 Å². The van der Waals surface area contributed by atoms with Gasteiger partial charge in [-0.3, -0.25) is 4.79 Å². The maximum Gasteiger partial charge on any atom is 0.247 e. The first-order valence-electron chi connectivity index (χ1n) is 7.42. The Balaban J connectivity index is 1.97. The van der Waals surface area contributed by atoms with E-state index in [0.29, 0.717) is 0 Å². The van der Waals surface area contributed by atoms with Crippen molar-refractivity contribution < 1.29 is 4.79 Å². The van der Waals surface area contributed by atoms with E-state index in [1.54, 1.807) is 17.4 Å². The Morgan fingerprint density at radius 3 is 2.77 bits per heavy atom. The third-order valence-corrected chi connectivity index (χ3v) is 4.79. The highest BCUT2D eigenvalue weighted by Crippen LogP contribution is 2.34. The average Bonchev–Trinajstić information content (AvgIpc) is 2.97. The Hall–Kier alpha value is -2.14. The Bertz CT molecular complexity index is 680. The molecule has 1 N–H and O–H groups in total. The van der Waals surface area contributed by atoms with E-state index in [-0.39, 0.29) is 18.1 Å². The van der Waals surface area contributed by atoms with Crippen molar-refractivity contribution in [2.45, 2.75) is 32.5 Å². The summed E-state index contributed by atoms with van der Waals surface area (Å²) in [4.78, 5) is 18.5. The van der Waals surface area contributed by atoms with Crippen LogP contribution in [0.5, 0.6) is 0 Å². The SMILES string of the molecule is CC[C@@H](c1ccccc1)N1C=CC(=O)NC1c1nc(C)cs1. The molecule has 2 aromatic rings. The van der Waals surface area contributed by atoms with Gasteiger partial charge in [-0.05, 0) is 18.9 Å². The topological polar surface area (TPSA) is 45.2 Å². The molecule has 1 amide bonds. The normalized spacial score (nSPS) is 19.1. The molecule has 1 aromatic carbocycles. The summed E-state index contributed by atoms with van der Waals surface area (Å²) >= 11 is 1.58. The summed E-state index contributed by atoms with van der Waals surface area (Å²) in [5.74, 6) is -0.0722. The number of nitrogens with zero attached hydrogens (tertiary/aromatic N) is 2. The summed E-state index contributed by atoms with van der Waals surface area (Å²) in [7, 11) is 0. The summed E-state index contributed by atoms with van der Waals surface area (Å²) in [6, 6.07) is 10.6. The maximum absolute atomic E-state index is 11.8. The third-order valence-electron chi connectivity index (χ3n) is 3.78. The predicted molar refractivity (Wildman–Crippen MR) is 88.2 cm³/mol. The molecular formula is C17H19N3OS. The third kappa shape index (κ3) is 2.90. The van der Waals surface area contributed by atoms with Gasteiger partial charge in [0, 0.05) is 23.3 Å². The van der Waals surface area contributed by atoms with Gasteiger partial charge in [0.25, 0.3) is 0 Å². The minimum absolute atomic E-state index is 0.0722. The van der Waals surface area contributed by atoms with Gasteiger partial charge in [-0.2, -0.15) is 0 Å². The summed E-state index contributed by atoms with van der Waals surface area (Å²) in [5, 5.41) is 5.96. The fourth-order valence-corrected chi connectivity index (χ4v) is 3.61. The van der Waals surface area contributed by atoms with Crippen molar-refractivity contribution in [3.05, 3.63) is 64.3 Å². The van der Waals surface area contributed by atoms with Crippen LogP contribution in [-0.4, -0.2) is 15.8 Å². The second kappa shape index (κ2) is 6.32. The van der Waals surface area contributed by atoms with Crippen LogP contribution in [0.2, 0.25) is 0 Å². The molecule has 0 saturated carbocycles. The molecule has 0 spiro atoms. The quantitative estimate of drug-likeness (QED) is 0.939. The standard InChI is InChI=1S/C17H19N3OS/c1-3-14(13-7-5-4-6-8-13)20-10-9-15(21)19-16(20)17-18-12(2)11-22-17/h4-11,14,16H,3H2,1-2H3,(H,19,21)/t14-,16?/m0/s1. The van der Waals surface area contributed by atoms with E-state index in [1.807, 2.05) is 36.7 Å². The lowest BCUT2D eigenvalue weighted by Gasteiger charge is -2.38. The van der Waals surface area contributed by atoms with E-state index in [1.165, 1.54) is 5.56 Å². The predicted octanol–water partition coefficient (Wildman–Crippen LogP) is 3.55. The number of amides is 1. The smallest absolute Gasteiger partial charge is 0.247 e. The minimum atomic E-state index is -0.207. The molecule has 2 atom stereocenters. The molecule has 1 aliphatic heterocycles. The summed E-state index contributed by atoms with van der Waals surface area (Å²) in [6.45, 7) is 4.13. The van der Waals surface area contributed by atoms with E-state index in [9.17, 15) is 4.79 Å². The molecule has 1 aliphatic rings. The number of rotatable bonds is 4. The zero-order chi connectivity index (χ0) is 15.5. The fourth-order valence-electron chi connectivity index (χ4n) is 2.76. The van der Waals surface area contributed by atoms with Crippen molar-refractivity contribution >= 4 is 17.2 Å². The number of thiazole rings is 1. The number of aryl methyl sites for hydroxylation is 1. The van der Waals surface area contributed by atoms with Crippen LogP contribution in [0.1, 0.15) is 41.8 Å². The molecule has 22 heavy (non-hydrogen) atoms. The number of hydrogen-bond acceptors (Lipinski definition) is 4. The fraction of sp³-hybridized carbons (Fsp3) is 0.294. The molecule has 5 heteroatoms. The Kier molecular flexibility index (Phi) is 4.24. The Labute approximate surface area is 134 Å². The Morgan fingerprint density at radius 1 is 1.36 bits per heavy atom.